The summed E-state index contributed by atoms with van der Waals surface area (Å²) in [6.07, 6.45) is 0.876. The van der Waals surface area contributed by atoms with Gasteiger partial charge in [-0.15, -0.1) is 0 Å². The van der Waals surface area contributed by atoms with Crippen molar-refractivity contribution >= 4 is 21.6 Å². The molecule has 8 heteroatoms. The SMILES string of the molecule is COc1ccc(NC(=O)C2CC2C)cc1S(=O)(=O)N1CCOCC1. The number of sulfonamides is 1. The van der Waals surface area contributed by atoms with E-state index in [1.807, 2.05) is 6.92 Å². The first-order valence-corrected chi connectivity index (χ1v) is 9.44. The van der Waals surface area contributed by atoms with E-state index in [0.717, 1.165) is 6.42 Å². The average Bonchev–Trinajstić information content (AvgIpc) is 3.32. The fourth-order valence-corrected chi connectivity index (χ4v) is 4.39. The number of hydrogen-bond donors (Lipinski definition) is 1. The van der Waals surface area contributed by atoms with Crippen LogP contribution in [0, 0.1) is 11.8 Å². The molecule has 2 fully saturated rings. The molecular formula is C16H22N2O5S. The number of ether oxygens (including phenoxy) is 2. The third-order valence-electron chi connectivity index (χ3n) is 4.47. The molecule has 1 N–H and O–H groups in total. The summed E-state index contributed by atoms with van der Waals surface area (Å²) in [4.78, 5) is 12.1. The molecule has 1 aliphatic carbocycles. The van der Waals surface area contributed by atoms with E-state index in [2.05, 4.69) is 5.32 Å². The second-order valence-corrected chi connectivity index (χ2v) is 8.10. The molecule has 1 heterocycles. The van der Waals surface area contributed by atoms with Crippen molar-refractivity contribution in [3.63, 3.8) is 0 Å². The molecule has 1 aromatic carbocycles. The Balaban J connectivity index is 1.87. The minimum atomic E-state index is -3.70. The summed E-state index contributed by atoms with van der Waals surface area (Å²) in [7, 11) is -2.27. The molecule has 1 saturated carbocycles. The summed E-state index contributed by atoms with van der Waals surface area (Å²) in [6.45, 7) is 3.38. The highest BCUT2D eigenvalue weighted by atomic mass is 32.2. The number of anilines is 1. The fourth-order valence-electron chi connectivity index (χ4n) is 2.80. The van der Waals surface area contributed by atoms with E-state index in [9.17, 15) is 13.2 Å². The van der Waals surface area contributed by atoms with Gasteiger partial charge in [0, 0.05) is 24.7 Å². The van der Waals surface area contributed by atoms with Crippen LogP contribution in [0.4, 0.5) is 5.69 Å². The number of morpholine rings is 1. The number of nitrogens with zero attached hydrogens (tertiary/aromatic N) is 1. The fraction of sp³-hybridized carbons (Fsp3) is 0.562. The monoisotopic (exact) mass is 354 g/mol. The van der Waals surface area contributed by atoms with Crippen molar-refractivity contribution in [1.82, 2.24) is 4.31 Å². The molecule has 24 heavy (non-hydrogen) atoms. The van der Waals surface area contributed by atoms with Gasteiger partial charge in [0.1, 0.15) is 10.6 Å². The van der Waals surface area contributed by atoms with E-state index in [1.165, 1.54) is 17.5 Å². The van der Waals surface area contributed by atoms with Crippen LogP contribution in [0.2, 0.25) is 0 Å². The summed E-state index contributed by atoms with van der Waals surface area (Å²) in [5.74, 6) is 0.605. The molecule has 2 atom stereocenters. The van der Waals surface area contributed by atoms with Crippen molar-refractivity contribution < 1.29 is 22.7 Å². The molecule has 3 rings (SSSR count). The Kier molecular flexibility index (Phi) is 4.80. The normalized spacial score (nSPS) is 24.4. The number of carbonyl (C=O) groups excluding carboxylic acids is 1. The lowest BCUT2D eigenvalue weighted by molar-refractivity contribution is -0.117. The first-order valence-electron chi connectivity index (χ1n) is 8.00. The first kappa shape index (κ1) is 17.2. The van der Waals surface area contributed by atoms with Gasteiger partial charge in [-0.1, -0.05) is 6.92 Å². The minimum absolute atomic E-state index is 0.0198. The summed E-state index contributed by atoms with van der Waals surface area (Å²) in [5.41, 5.74) is 0.465. The van der Waals surface area contributed by atoms with Crippen molar-refractivity contribution in [3.8, 4) is 5.75 Å². The van der Waals surface area contributed by atoms with Crippen LogP contribution in [0.15, 0.2) is 23.1 Å². The van der Waals surface area contributed by atoms with Gasteiger partial charge in [-0.3, -0.25) is 4.79 Å². The number of benzene rings is 1. The molecule has 1 aromatic rings. The van der Waals surface area contributed by atoms with E-state index in [0.29, 0.717) is 37.9 Å². The van der Waals surface area contributed by atoms with Crippen LogP contribution in [-0.4, -0.2) is 52.0 Å². The molecule has 1 aliphatic heterocycles. The van der Waals surface area contributed by atoms with Crippen LogP contribution < -0.4 is 10.1 Å². The Morgan fingerprint density at radius 2 is 2.00 bits per heavy atom. The zero-order valence-corrected chi connectivity index (χ0v) is 14.6. The van der Waals surface area contributed by atoms with E-state index < -0.39 is 10.0 Å². The predicted octanol–water partition coefficient (Wildman–Crippen LogP) is 1.31. The Labute approximate surface area is 142 Å². The molecule has 1 saturated heterocycles. The summed E-state index contributed by atoms with van der Waals surface area (Å²) >= 11 is 0. The van der Waals surface area contributed by atoms with E-state index >= 15 is 0 Å². The van der Waals surface area contributed by atoms with Gasteiger partial charge >= 0.3 is 0 Å². The van der Waals surface area contributed by atoms with Gasteiger partial charge in [0.25, 0.3) is 0 Å². The Hall–Kier alpha value is -1.64. The smallest absolute Gasteiger partial charge is 0.246 e. The largest absolute Gasteiger partial charge is 0.495 e. The topological polar surface area (TPSA) is 84.9 Å². The van der Waals surface area contributed by atoms with Crippen LogP contribution >= 0.6 is 0 Å². The third-order valence-corrected chi connectivity index (χ3v) is 6.39. The maximum absolute atomic E-state index is 12.9. The lowest BCUT2D eigenvalue weighted by Gasteiger charge is -2.26. The molecule has 0 spiro atoms. The summed E-state index contributed by atoms with van der Waals surface area (Å²) in [6, 6.07) is 4.69. The van der Waals surface area contributed by atoms with Crippen molar-refractivity contribution in [1.29, 1.82) is 0 Å². The van der Waals surface area contributed by atoms with Gasteiger partial charge in [0.2, 0.25) is 15.9 Å². The first-order chi connectivity index (χ1) is 11.4. The van der Waals surface area contributed by atoms with Gasteiger partial charge in [-0.25, -0.2) is 8.42 Å². The highest BCUT2D eigenvalue weighted by molar-refractivity contribution is 7.89. The van der Waals surface area contributed by atoms with E-state index in [1.54, 1.807) is 12.1 Å². The summed E-state index contributed by atoms with van der Waals surface area (Å²) in [5, 5.41) is 2.80. The molecule has 2 aliphatic rings. The van der Waals surface area contributed by atoms with Crippen molar-refractivity contribution in [2.24, 2.45) is 11.8 Å². The van der Waals surface area contributed by atoms with Crippen molar-refractivity contribution in [2.45, 2.75) is 18.2 Å². The Morgan fingerprint density at radius 3 is 2.58 bits per heavy atom. The molecular weight excluding hydrogens is 332 g/mol. The van der Waals surface area contributed by atoms with Crippen molar-refractivity contribution in [2.75, 3.05) is 38.7 Å². The number of rotatable bonds is 5. The molecule has 0 bridgehead atoms. The Morgan fingerprint density at radius 1 is 1.33 bits per heavy atom. The zero-order valence-electron chi connectivity index (χ0n) is 13.8. The van der Waals surface area contributed by atoms with Crippen LogP contribution in [-0.2, 0) is 19.6 Å². The Bertz CT molecular complexity index is 728. The molecule has 0 radical (unpaired) electrons. The quantitative estimate of drug-likeness (QED) is 0.862. The lowest BCUT2D eigenvalue weighted by atomic mass is 10.2. The minimum Gasteiger partial charge on any atom is -0.495 e. The molecule has 7 nitrogen and oxygen atoms in total. The van der Waals surface area contributed by atoms with E-state index in [4.69, 9.17) is 9.47 Å². The van der Waals surface area contributed by atoms with Crippen LogP contribution in [0.5, 0.6) is 5.75 Å². The van der Waals surface area contributed by atoms with Crippen LogP contribution in [0.3, 0.4) is 0 Å². The standard InChI is InChI=1S/C16H22N2O5S/c1-11-9-13(11)16(19)17-12-3-4-14(22-2)15(10-12)24(20,21)18-5-7-23-8-6-18/h3-4,10-11,13H,5-9H2,1-2H3,(H,17,19). The highest BCUT2D eigenvalue weighted by Gasteiger charge is 2.39. The average molecular weight is 354 g/mol. The molecule has 2 unspecified atom stereocenters. The van der Waals surface area contributed by atoms with Gasteiger partial charge in [0.05, 0.1) is 20.3 Å². The van der Waals surface area contributed by atoms with Gasteiger partial charge in [-0.05, 0) is 30.5 Å². The maximum Gasteiger partial charge on any atom is 0.246 e. The van der Waals surface area contributed by atoms with E-state index in [-0.39, 0.29) is 22.5 Å². The van der Waals surface area contributed by atoms with Crippen LogP contribution in [0.1, 0.15) is 13.3 Å². The third kappa shape index (κ3) is 3.40. The number of methoxy groups -OCH3 is 1. The van der Waals surface area contributed by atoms with Gasteiger partial charge < -0.3 is 14.8 Å². The maximum atomic E-state index is 12.9. The second-order valence-electron chi connectivity index (χ2n) is 6.19. The number of hydrogen-bond acceptors (Lipinski definition) is 5. The highest BCUT2D eigenvalue weighted by Crippen LogP contribution is 2.39. The van der Waals surface area contributed by atoms with Crippen molar-refractivity contribution in [3.05, 3.63) is 18.2 Å². The lowest BCUT2D eigenvalue weighted by Crippen LogP contribution is -2.40. The predicted molar refractivity (Wildman–Crippen MR) is 88.5 cm³/mol. The number of nitrogens with one attached hydrogen (secondary N) is 1. The number of carbonyl (C=O) groups is 1. The second kappa shape index (κ2) is 6.70. The summed E-state index contributed by atoms with van der Waals surface area (Å²) < 4.78 is 37.6. The van der Waals surface area contributed by atoms with Crippen LogP contribution in [0.25, 0.3) is 0 Å². The number of amides is 1. The zero-order chi connectivity index (χ0) is 17.3. The van der Waals surface area contributed by atoms with Gasteiger partial charge in [-0.2, -0.15) is 4.31 Å². The molecule has 132 valence electrons. The molecule has 1 amide bonds. The van der Waals surface area contributed by atoms with Gasteiger partial charge in [0.15, 0.2) is 0 Å². The molecule has 0 aromatic heterocycles.